The number of nitrogens with zero attached hydrogens (tertiary/aromatic N) is 4. The minimum absolute atomic E-state index is 0.0226. The van der Waals surface area contributed by atoms with Gasteiger partial charge >= 0.3 is 0 Å². The number of aryl methyl sites for hydroxylation is 2. The predicted octanol–water partition coefficient (Wildman–Crippen LogP) is 2.65. The van der Waals surface area contributed by atoms with E-state index in [4.69, 9.17) is 5.26 Å². The van der Waals surface area contributed by atoms with Gasteiger partial charge < -0.3 is 4.90 Å². The lowest BCUT2D eigenvalue weighted by atomic mass is 9.96. The summed E-state index contributed by atoms with van der Waals surface area (Å²) in [6.07, 6.45) is 4.58. The fourth-order valence-corrected chi connectivity index (χ4v) is 2.69. The molecule has 1 aromatic heterocycles. The van der Waals surface area contributed by atoms with Crippen molar-refractivity contribution in [3.05, 3.63) is 17.1 Å². The third-order valence-corrected chi connectivity index (χ3v) is 3.67. The first-order valence-electron chi connectivity index (χ1n) is 7.16. The average Bonchev–Trinajstić information content (AvgIpc) is 2.43. The summed E-state index contributed by atoms with van der Waals surface area (Å²) in [6.45, 7) is 7.67. The van der Waals surface area contributed by atoms with E-state index in [9.17, 15) is 0 Å². The molecule has 0 N–H and O–H groups in total. The van der Waals surface area contributed by atoms with Crippen LogP contribution in [0.3, 0.4) is 0 Å². The van der Waals surface area contributed by atoms with E-state index in [0.717, 1.165) is 37.6 Å². The Morgan fingerprint density at radius 1 is 1.32 bits per heavy atom. The maximum Gasteiger partial charge on any atom is 0.135 e. The monoisotopic (exact) mass is 258 g/mol. The van der Waals surface area contributed by atoms with E-state index in [1.807, 2.05) is 13.8 Å². The molecule has 0 radical (unpaired) electrons. The molecular formula is C15H22N4. The highest BCUT2D eigenvalue weighted by Crippen LogP contribution is 2.28. The number of hydrogen-bond donors (Lipinski definition) is 0. The van der Waals surface area contributed by atoms with E-state index in [0.29, 0.717) is 0 Å². The molecule has 19 heavy (non-hydrogen) atoms. The molecule has 0 aliphatic heterocycles. The zero-order chi connectivity index (χ0) is 13.8. The van der Waals surface area contributed by atoms with Gasteiger partial charge in [0, 0.05) is 24.3 Å². The van der Waals surface area contributed by atoms with Crippen LogP contribution in [0.5, 0.6) is 0 Å². The molecule has 1 heterocycles. The Hall–Kier alpha value is -1.63. The summed E-state index contributed by atoms with van der Waals surface area (Å²) in [5, 5.41) is 9.01. The molecule has 0 bridgehead atoms. The Bertz CT molecular complexity index is 490. The summed E-state index contributed by atoms with van der Waals surface area (Å²) in [6, 6.07) is 2.31. The average molecular weight is 258 g/mol. The molecule has 4 heteroatoms. The van der Waals surface area contributed by atoms with Crippen molar-refractivity contribution in [1.29, 1.82) is 5.26 Å². The van der Waals surface area contributed by atoms with Crippen LogP contribution >= 0.6 is 0 Å². The highest BCUT2D eigenvalue weighted by Gasteiger charge is 2.21. The summed E-state index contributed by atoms with van der Waals surface area (Å²) >= 11 is 0. The highest BCUT2D eigenvalue weighted by atomic mass is 15.2. The molecule has 1 aliphatic carbocycles. The van der Waals surface area contributed by atoms with Crippen molar-refractivity contribution in [2.75, 3.05) is 18.0 Å². The van der Waals surface area contributed by atoms with Gasteiger partial charge in [-0.25, -0.2) is 9.97 Å². The molecule has 1 atom stereocenters. The second-order valence-corrected chi connectivity index (χ2v) is 5.30. The lowest BCUT2D eigenvalue weighted by molar-refractivity contribution is 0.634. The lowest BCUT2D eigenvalue weighted by Crippen LogP contribution is -2.31. The summed E-state index contributed by atoms with van der Waals surface area (Å²) in [7, 11) is 0. The van der Waals surface area contributed by atoms with Crippen molar-refractivity contribution in [3.63, 3.8) is 0 Å². The zero-order valence-electron chi connectivity index (χ0n) is 12.1. The number of hydrogen-bond acceptors (Lipinski definition) is 4. The molecule has 1 aromatic rings. The van der Waals surface area contributed by atoms with E-state index in [1.54, 1.807) is 0 Å². The van der Waals surface area contributed by atoms with Crippen molar-refractivity contribution in [2.24, 2.45) is 5.92 Å². The maximum atomic E-state index is 9.01. The summed E-state index contributed by atoms with van der Waals surface area (Å²) in [5.74, 6) is 1.93. The van der Waals surface area contributed by atoms with Gasteiger partial charge in [0.15, 0.2) is 0 Å². The first-order chi connectivity index (χ1) is 9.15. The summed E-state index contributed by atoms with van der Waals surface area (Å²) in [5.41, 5.74) is 2.53. The SMILES string of the molecule is CCN(CC(C)C#N)c1nc(C)nc2c1CCCC2. The quantitative estimate of drug-likeness (QED) is 0.833. The highest BCUT2D eigenvalue weighted by molar-refractivity contribution is 5.50. The Morgan fingerprint density at radius 3 is 2.74 bits per heavy atom. The predicted molar refractivity (Wildman–Crippen MR) is 76.1 cm³/mol. The largest absolute Gasteiger partial charge is 0.355 e. The second-order valence-electron chi connectivity index (χ2n) is 5.30. The Balaban J connectivity index is 2.36. The number of aromatic nitrogens is 2. The molecule has 0 saturated heterocycles. The second kappa shape index (κ2) is 6.01. The number of rotatable bonds is 4. The van der Waals surface area contributed by atoms with Crippen LogP contribution in [-0.4, -0.2) is 23.1 Å². The molecule has 102 valence electrons. The van der Waals surface area contributed by atoms with Crippen LogP contribution in [0.15, 0.2) is 0 Å². The van der Waals surface area contributed by atoms with Crippen LogP contribution in [0.25, 0.3) is 0 Å². The summed E-state index contributed by atoms with van der Waals surface area (Å²) < 4.78 is 0. The molecule has 1 aliphatic rings. The lowest BCUT2D eigenvalue weighted by Gasteiger charge is -2.28. The van der Waals surface area contributed by atoms with Crippen molar-refractivity contribution < 1.29 is 0 Å². The Kier molecular flexibility index (Phi) is 4.36. The van der Waals surface area contributed by atoms with Gasteiger partial charge in [0.2, 0.25) is 0 Å². The van der Waals surface area contributed by atoms with E-state index in [1.165, 1.54) is 24.1 Å². The number of fused-ring (bicyclic) bond motifs is 1. The smallest absolute Gasteiger partial charge is 0.135 e. The number of anilines is 1. The van der Waals surface area contributed by atoms with Gasteiger partial charge in [-0.15, -0.1) is 0 Å². The van der Waals surface area contributed by atoms with Crippen molar-refractivity contribution >= 4 is 5.82 Å². The van der Waals surface area contributed by atoms with Crippen LogP contribution in [-0.2, 0) is 12.8 Å². The van der Waals surface area contributed by atoms with Gasteiger partial charge in [0.05, 0.1) is 12.0 Å². The molecule has 0 amide bonds. The number of nitriles is 1. The summed E-state index contributed by atoms with van der Waals surface area (Å²) in [4.78, 5) is 11.5. The molecule has 0 spiro atoms. The van der Waals surface area contributed by atoms with Crippen molar-refractivity contribution in [2.45, 2.75) is 46.5 Å². The molecule has 0 aromatic carbocycles. The van der Waals surface area contributed by atoms with Crippen LogP contribution < -0.4 is 4.90 Å². The Morgan fingerprint density at radius 2 is 2.05 bits per heavy atom. The molecule has 0 saturated carbocycles. The molecule has 4 nitrogen and oxygen atoms in total. The van der Waals surface area contributed by atoms with Crippen molar-refractivity contribution in [1.82, 2.24) is 9.97 Å². The third-order valence-electron chi connectivity index (χ3n) is 3.67. The van der Waals surface area contributed by atoms with Crippen molar-refractivity contribution in [3.8, 4) is 6.07 Å². The zero-order valence-corrected chi connectivity index (χ0v) is 12.1. The normalized spacial score (nSPS) is 15.5. The van der Waals surface area contributed by atoms with Crippen LogP contribution in [0.2, 0.25) is 0 Å². The van der Waals surface area contributed by atoms with Crippen LogP contribution in [0, 0.1) is 24.2 Å². The first-order valence-corrected chi connectivity index (χ1v) is 7.16. The van der Waals surface area contributed by atoms with Gasteiger partial charge in [0.25, 0.3) is 0 Å². The van der Waals surface area contributed by atoms with Gasteiger partial charge in [-0.05, 0) is 46.5 Å². The standard InChI is InChI=1S/C15H22N4/c1-4-19(10-11(2)9-16)15-13-7-5-6-8-14(13)17-12(3)18-15/h11H,4-8,10H2,1-3H3. The maximum absolute atomic E-state index is 9.01. The van der Waals surface area contributed by atoms with E-state index < -0.39 is 0 Å². The minimum atomic E-state index is 0.0226. The van der Waals surface area contributed by atoms with E-state index in [-0.39, 0.29) is 5.92 Å². The van der Waals surface area contributed by atoms with E-state index in [2.05, 4.69) is 27.9 Å². The van der Waals surface area contributed by atoms with Gasteiger partial charge in [-0.3, -0.25) is 0 Å². The van der Waals surface area contributed by atoms with Crippen LogP contribution in [0.1, 0.15) is 43.8 Å². The molecule has 1 unspecified atom stereocenters. The fraction of sp³-hybridized carbons (Fsp3) is 0.667. The first kappa shape index (κ1) is 13.8. The topological polar surface area (TPSA) is 52.8 Å². The molecule has 2 rings (SSSR count). The van der Waals surface area contributed by atoms with Gasteiger partial charge in [-0.1, -0.05) is 0 Å². The van der Waals surface area contributed by atoms with Crippen LogP contribution in [0.4, 0.5) is 5.82 Å². The molecular weight excluding hydrogens is 236 g/mol. The molecule has 0 fully saturated rings. The van der Waals surface area contributed by atoms with Gasteiger partial charge in [-0.2, -0.15) is 5.26 Å². The Labute approximate surface area is 115 Å². The third kappa shape index (κ3) is 3.04. The minimum Gasteiger partial charge on any atom is -0.355 e. The van der Waals surface area contributed by atoms with Gasteiger partial charge in [0.1, 0.15) is 11.6 Å². The van der Waals surface area contributed by atoms with E-state index >= 15 is 0 Å². The fourth-order valence-electron chi connectivity index (χ4n) is 2.69.